The molecule has 0 aliphatic rings. The van der Waals surface area contributed by atoms with Crippen LogP contribution in [0.4, 0.5) is 0 Å². The maximum absolute atomic E-state index is 5.81. The molecule has 1 aromatic carbocycles. The van der Waals surface area contributed by atoms with Crippen LogP contribution >= 0.6 is 11.6 Å². The first kappa shape index (κ1) is 11.8. The molecule has 5 heteroatoms. The fourth-order valence-corrected chi connectivity index (χ4v) is 1.65. The zero-order chi connectivity index (χ0) is 12.4. The Hall–Kier alpha value is -1.68. The fraction of sp³-hybridized carbons (Fsp3) is 0.250. The molecule has 0 saturated heterocycles. The lowest BCUT2D eigenvalue weighted by molar-refractivity contribution is 0.415. The Morgan fingerprint density at radius 2 is 1.88 bits per heavy atom. The third kappa shape index (κ3) is 2.36. The predicted molar refractivity (Wildman–Crippen MR) is 66.3 cm³/mol. The van der Waals surface area contributed by atoms with Crippen LogP contribution in [0.3, 0.4) is 0 Å². The molecule has 0 amide bonds. The van der Waals surface area contributed by atoms with Crippen LogP contribution in [0.5, 0.6) is 5.75 Å². The topological polar surface area (TPSA) is 47.9 Å². The zero-order valence-electron chi connectivity index (χ0n) is 9.86. The second-order valence-electron chi connectivity index (χ2n) is 3.74. The summed E-state index contributed by atoms with van der Waals surface area (Å²) in [5.41, 5.74) is 3.09. The summed E-state index contributed by atoms with van der Waals surface area (Å²) in [7, 11) is 1.62. The van der Waals surface area contributed by atoms with Crippen LogP contribution in [-0.4, -0.2) is 22.3 Å². The quantitative estimate of drug-likeness (QED) is 0.821. The van der Waals surface area contributed by atoms with Crippen molar-refractivity contribution < 1.29 is 4.74 Å². The third-order valence-electron chi connectivity index (χ3n) is 2.59. The van der Waals surface area contributed by atoms with Gasteiger partial charge in [-0.25, -0.2) is 4.98 Å². The number of nitrogens with zero attached hydrogens (tertiary/aromatic N) is 3. The van der Waals surface area contributed by atoms with E-state index in [-0.39, 0.29) is 0 Å². The molecule has 0 unspecified atom stereocenters. The van der Waals surface area contributed by atoms with Gasteiger partial charge in [-0.15, -0.1) is 5.10 Å². The van der Waals surface area contributed by atoms with Crippen molar-refractivity contribution in [3.05, 3.63) is 34.6 Å². The Kier molecular flexibility index (Phi) is 3.24. The number of aromatic nitrogens is 3. The molecule has 2 aromatic rings. The summed E-state index contributed by atoms with van der Waals surface area (Å²) in [5.74, 6) is 1.19. The Morgan fingerprint density at radius 3 is 2.53 bits per heavy atom. The molecule has 2 rings (SSSR count). The molecule has 0 spiro atoms. The van der Waals surface area contributed by atoms with E-state index in [0.717, 1.165) is 22.4 Å². The lowest BCUT2D eigenvalue weighted by Gasteiger charge is -2.10. The van der Waals surface area contributed by atoms with E-state index in [1.807, 2.05) is 26.0 Å². The lowest BCUT2D eigenvalue weighted by atomic mass is 10.0. The Bertz CT molecular complexity index is 557. The summed E-state index contributed by atoms with van der Waals surface area (Å²) in [6.45, 7) is 4.05. The monoisotopic (exact) mass is 249 g/mol. The van der Waals surface area contributed by atoms with Crippen molar-refractivity contribution >= 4 is 11.6 Å². The van der Waals surface area contributed by atoms with Gasteiger partial charge in [-0.2, -0.15) is 5.10 Å². The van der Waals surface area contributed by atoms with E-state index in [1.54, 1.807) is 7.11 Å². The average Bonchev–Trinajstić information content (AvgIpc) is 2.32. The van der Waals surface area contributed by atoms with Gasteiger partial charge < -0.3 is 4.74 Å². The van der Waals surface area contributed by atoms with Gasteiger partial charge in [0.05, 0.1) is 18.9 Å². The highest BCUT2D eigenvalue weighted by atomic mass is 35.5. The third-order valence-corrected chi connectivity index (χ3v) is 2.77. The van der Waals surface area contributed by atoms with Gasteiger partial charge >= 0.3 is 0 Å². The van der Waals surface area contributed by atoms with Crippen molar-refractivity contribution in [1.29, 1.82) is 0 Å². The molecule has 1 aromatic heterocycles. The van der Waals surface area contributed by atoms with Gasteiger partial charge in [0.25, 0.3) is 0 Å². The number of aryl methyl sites for hydroxylation is 2. The van der Waals surface area contributed by atoms with Gasteiger partial charge in [-0.05, 0) is 37.1 Å². The van der Waals surface area contributed by atoms with Crippen LogP contribution < -0.4 is 4.74 Å². The van der Waals surface area contributed by atoms with Gasteiger partial charge in [0.2, 0.25) is 0 Å². The molecule has 0 aliphatic heterocycles. The average molecular weight is 250 g/mol. The summed E-state index contributed by atoms with van der Waals surface area (Å²) in [4.78, 5) is 4.13. The minimum absolute atomic E-state index is 0.315. The number of rotatable bonds is 2. The Labute approximate surface area is 105 Å². The molecule has 17 heavy (non-hydrogen) atoms. The number of hydrogen-bond acceptors (Lipinski definition) is 4. The lowest BCUT2D eigenvalue weighted by Crippen LogP contribution is -1.97. The molecule has 1 heterocycles. The summed E-state index contributed by atoms with van der Waals surface area (Å²) < 4.78 is 5.32. The maximum atomic E-state index is 5.81. The van der Waals surface area contributed by atoms with E-state index < -0.39 is 0 Å². The van der Waals surface area contributed by atoms with Crippen LogP contribution in [0.2, 0.25) is 5.15 Å². The van der Waals surface area contributed by atoms with Gasteiger partial charge in [-0.1, -0.05) is 11.6 Å². The van der Waals surface area contributed by atoms with Crippen LogP contribution in [0, 0.1) is 13.8 Å². The summed E-state index contributed by atoms with van der Waals surface area (Å²) in [6.07, 6.45) is 1.40. The number of hydrogen-bond donors (Lipinski definition) is 0. The molecule has 0 N–H and O–H groups in total. The molecule has 0 radical (unpaired) electrons. The fourth-order valence-electron chi connectivity index (χ4n) is 1.53. The number of ether oxygens (including phenoxy) is 1. The molecule has 4 nitrogen and oxygen atoms in total. The summed E-state index contributed by atoms with van der Waals surface area (Å²) in [6, 6.07) is 3.93. The van der Waals surface area contributed by atoms with Gasteiger partial charge in [-0.3, -0.25) is 0 Å². The first-order chi connectivity index (χ1) is 8.11. The standard InChI is InChI=1S/C12H12ClN3O/c1-7-4-9(10(17-3)5-8(7)2)12-15-11(13)6-14-16-12/h4-6H,1-3H3. The van der Waals surface area contributed by atoms with Crippen LogP contribution in [0.15, 0.2) is 18.3 Å². The minimum Gasteiger partial charge on any atom is -0.496 e. The van der Waals surface area contributed by atoms with E-state index in [0.29, 0.717) is 11.0 Å². The van der Waals surface area contributed by atoms with Crippen LogP contribution in [0.25, 0.3) is 11.4 Å². The second-order valence-corrected chi connectivity index (χ2v) is 4.13. The normalized spacial score (nSPS) is 10.4. The van der Waals surface area contributed by atoms with Crippen molar-refractivity contribution in [2.45, 2.75) is 13.8 Å². The maximum Gasteiger partial charge on any atom is 0.186 e. The van der Waals surface area contributed by atoms with E-state index >= 15 is 0 Å². The molecule has 0 saturated carbocycles. The highest BCUT2D eigenvalue weighted by molar-refractivity contribution is 6.29. The first-order valence-electron chi connectivity index (χ1n) is 5.12. The zero-order valence-corrected chi connectivity index (χ0v) is 10.6. The van der Waals surface area contributed by atoms with Crippen molar-refractivity contribution in [1.82, 2.24) is 15.2 Å². The molecule has 88 valence electrons. The SMILES string of the molecule is COc1cc(C)c(C)cc1-c1nncc(Cl)n1. The number of benzene rings is 1. The van der Waals surface area contributed by atoms with Gasteiger partial charge in [0.1, 0.15) is 5.75 Å². The largest absolute Gasteiger partial charge is 0.496 e. The van der Waals surface area contributed by atoms with Crippen LogP contribution in [0.1, 0.15) is 11.1 Å². The Balaban J connectivity index is 2.62. The van der Waals surface area contributed by atoms with Gasteiger partial charge in [0, 0.05) is 0 Å². The van der Waals surface area contributed by atoms with E-state index in [4.69, 9.17) is 16.3 Å². The smallest absolute Gasteiger partial charge is 0.186 e. The van der Waals surface area contributed by atoms with Crippen LogP contribution in [-0.2, 0) is 0 Å². The summed E-state index contributed by atoms with van der Waals surface area (Å²) >= 11 is 5.81. The molecule has 0 atom stereocenters. The van der Waals surface area contributed by atoms with Crippen molar-refractivity contribution in [3.63, 3.8) is 0 Å². The molecule has 0 aliphatic carbocycles. The van der Waals surface area contributed by atoms with Gasteiger partial charge in [0.15, 0.2) is 11.0 Å². The second kappa shape index (κ2) is 4.67. The molecule has 0 fully saturated rings. The van der Waals surface area contributed by atoms with Crippen molar-refractivity contribution in [2.24, 2.45) is 0 Å². The molecular formula is C12H12ClN3O. The summed E-state index contributed by atoms with van der Waals surface area (Å²) in [5, 5.41) is 8.07. The van der Waals surface area contributed by atoms with E-state index in [1.165, 1.54) is 6.20 Å². The van der Waals surface area contributed by atoms with Crippen molar-refractivity contribution in [3.8, 4) is 17.1 Å². The number of halogens is 1. The highest BCUT2D eigenvalue weighted by Gasteiger charge is 2.11. The highest BCUT2D eigenvalue weighted by Crippen LogP contribution is 2.30. The minimum atomic E-state index is 0.315. The Morgan fingerprint density at radius 1 is 1.18 bits per heavy atom. The molecule has 0 bridgehead atoms. The first-order valence-corrected chi connectivity index (χ1v) is 5.50. The molecular weight excluding hydrogens is 238 g/mol. The van der Waals surface area contributed by atoms with Crippen molar-refractivity contribution in [2.75, 3.05) is 7.11 Å². The van der Waals surface area contributed by atoms with E-state index in [2.05, 4.69) is 15.2 Å². The van der Waals surface area contributed by atoms with E-state index in [9.17, 15) is 0 Å². The number of methoxy groups -OCH3 is 1. The predicted octanol–water partition coefficient (Wildman–Crippen LogP) is 2.82.